The van der Waals surface area contributed by atoms with Crippen LogP contribution in [0.4, 0.5) is 10.1 Å². The van der Waals surface area contributed by atoms with Gasteiger partial charge in [-0.05, 0) is 43.4 Å². The van der Waals surface area contributed by atoms with E-state index in [4.69, 9.17) is 5.26 Å². The summed E-state index contributed by atoms with van der Waals surface area (Å²) in [4.78, 5) is 12.7. The summed E-state index contributed by atoms with van der Waals surface area (Å²) in [6, 6.07) is 5.81. The third-order valence-corrected chi connectivity index (χ3v) is 4.19. The quantitative estimate of drug-likeness (QED) is 0.900. The zero-order chi connectivity index (χ0) is 15.5. The molecule has 1 aliphatic rings. The Hall–Kier alpha value is -1.89. The number of carbonyl (C=O) groups excluding carboxylic acids is 1. The Morgan fingerprint density at radius 3 is 2.67 bits per heavy atom. The molecule has 0 atom stereocenters. The molecule has 1 saturated carbocycles. The van der Waals surface area contributed by atoms with Gasteiger partial charge in [0.15, 0.2) is 0 Å². The Balaban J connectivity index is 2.22. The minimum atomic E-state index is -0.470. The van der Waals surface area contributed by atoms with Gasteiger partial charge in [0.1, 0.15) is 11.9 Å². The SMILES string of the molecule is CC(C)CC1(C(=O)Nc2ccc(F)cc2C#N)CCCC1. The molecule has 0 heterocycles. The van der Waals surface area contributed by atoms with Gasteiger partial charge < -0.3 is 5.32 Å². The standard InChI is InChI=1S/C17H21FN2O/c1-12(2)10-17(7-3-4-8-17)16(21)20-15-6-5-14(18)9-13(15)11-19/h5-6,9,12H,3-4,7-8,10H2,1-2H3,(H,20,21). The number of rotatable bonds is 4. The van der Waals surface area contributed by atoms with Gasteiger partial charge in [-0.2, -0.15) is 5.26 Å². The molecule has 112 valence electrons. The van der Waals surface area contributed by atoms with Crippen LogP contribution < -0.4 is 5.32 Å². The fraction of sp³-hybridized carbons (Fsp3) is 0.529. The molecule has 3 nitrogen and oxygen atoms in total. The maximum Gasteiger partial charge on any atom is 0.230 e. The number of halogens is 1. The van der Waals surface area contributed by atoms with Gasteiger partial charge in [0.2, 0.25) is 5.91 Å². The van der Waals surface area contributed by atoms with E-state index in [2.05, 4.69) is 19.2 Å². The zero-order valence-electron chi connectivity index (χ0n) is 12.6. The molecule has 0 saturated heterocycles. The van der Waals surface area contributed by atoms with Crippen LogP contribution in [0.3, 0.4) is 0 Å². The first-order valence-corrected chi connectivity index (χ1v) is 7.48. The second-order valence-electron chi connectivity index (χ2n) is 6.34. The number of amides is 1. The van der Waals surface area contributed by atoms with Crippen molar-refractivity contribution in [3.05, 3.63) is 29.6 Å². The van der Waals surface area contributed by atoms with Crippen LogP contribution in [0.2, 0.25) is 0 Å². The van der Waals surface area contributed by atoms with Crippen molar-refractivity contribution in [2.75, 3.05) is 5.32 Å². The van der Waals surface area contributed by atoms with Gasteiger partial charge in [0.25, 0.3) is 0 Å². The number of hydrogen-bond acceptors (Lipinski definition) is 2. The number of benzene rings is 1. The lowest BCUT2D eigenvalue weighted by Crippen LogP contribution is -2.35. The van der Waals surface area contributed by atoms with Crippen molar-refractivity contribution in [2.24, 2.45) is 11.3 Å². The van der Waals surface area contributed by atoms with Gasteiger partial charge in [-0.25, -0.2) is 4.39 Å². The minimum Gasteiger partial charge on any atom is -0.324 e. The first kappa shape index (κ1) is 15.5. The van der Waals surface area contributed by atoms with Crippen LogP contribution >= 0.6 is 0 Å². The summed E-state index contributed by atoms with van der Waals surface area (Å²) in [6.07, 6.45) is 4.76. The Kier molecular flexibility index (Phi) is 4.62. The first-order chi connectivity index (χ1) is 9.97. The van der Waals surface area contributed by atoms with Gasteiger partial charge in [0.05, 0.1) is 11.3 Å². The summed E-state index contributed by atoms with van der Waals surface area (Å²) < 4.78 is 13.2. The van der Waals surface area contributed by atoms with E-state index < -0.39 is 5.82 Å². The molecular weight excluding hydrogens is 267 g/mol. The van der Waals surface area contributed by atoms with Crippen LogP contribution in [-0.2, 0) is 4.79 Å². The Bertz CT molecular complexity index is 569. The van der Waals surface area contributed by atoms with Crippen molar-refractivity contribution in [1.29, 1.82) is 5.26 Å². The van der Waals surface area contributed by atoms with Crippen molar-refractivity contribution in [3.63, 3.8) is 0 Å². The van der Waals surface area contributed by atoms with E-state index in [0.717, 1.165) is 38.2 Å². The third-order valence-electron chi connectivity index (χ3n) is 4.19. The van der Waals surface area contributed by atoms with E-state index >= 15 is 0 Å². The normalized spacial score (nSPS) is 16.7. The van der Waals surface area contributed by atoms with Crippen LogP contribution in [0.25, 0.3) is 0 Å². The van der Waals surface area contributed by atoms with Gasteiger partial charge in [0, 0.05) is 5.41 Å². The summed E-state index contributed by atoms with van der Waals surface area (Å²) in [5.41, 5.74) is 0.231. The van der Waals surface area contributed by atoms with E-state index in [-0.39, 0.29) is 16.9 Å². The average molecular weight is 288 g/mol. The van der Waals surface area contributed by atoms with Gasteiger partial charge >= 0.3 is 0 Å². The molecule has 1 aliphatic carbocycles. The maximum absolute atomic E-state index is 13.2. The molecule has 0 aromatic heterocycles. The second-order valence-corrected chi connectivity index (χ2v) is 6.34. The first-order valence-electron chi connectivity index (χ1n) is 7.48. The summed E-state index contributed by atoms with van der Waals surface area (Å²) in [5, 5.41) is 11.9. The number of nitrogens with one attached hydrogen (secondary N) is 1. The van der Waals surface area contributed by atoms with E-state index in [0.29, 0.717) is 11.6 Å². The van der Waals surface area contributed by atoms with Gasteiger partial charge in [-0.1, -0.05) is 26.7 Å². The van der Waals surface area contributed by atoms with Crippen molar-refractivity contribution in [2.45, 2.75) is 46.0 Å². The van der Waals surface area contributed by atoms with Crippen LogP contribution in [0.1, 0.15) is 51.5 Å². The van der Waals surface area contributed by atoms with Crippen molar-refractivity contribution in [3.8, 4) is 6.07 Å². The third kappa shape index (κ3) is 3.41. The molecule has 0 unspecified atom stereocenters. The molecule has 0 aliphatic heterocycles. The highest BCUT2D eigenvalue weighted by molar-refractivity contribution is 5.96. The number of anilines is 1. The summed E-state index contributed by atoms with van der Waals surface area (Å²) in [7, 11) is 0. The molecule has 21 heavy (non-hydrogen) atoms. The monoisotopic (exact) mass is 288 g/mol. The molecule has 1 amide bonds. The van der Waals surface area contributed by atoms with Crippen LogP contribution in [0, 0.1) is 28.5 Å². The molecule has 1 aromatic rings. The van der Waals surface area contributed by atoms with Gasteiger partial charge in [-0.3, -0.25) is 4.79 Å². The molecule has 1 aromatic carbocycles. The second kappa shape index (κ2) is 6.26. The van der Waals surface area contributed by atoms with Crippen molar-refractivity contribution < 1.29 is 9.18 Å². The summed E-state index contributed by atoms with van der Waals surface area (Å²) in [6.45, 7) is 4.23. The molecule has 2 rings (SSSR count). The highest BCUT2D eigenvalue weighted by atomic mass is 19.1. The molecule has 0 bridgehead atoms. The number of nitrogens with zero attached hydrogens (tertiary/aromatic N) is 1. The Morgan fingerprint density at radius 1 is 1.43 bits per heavy atom. The highest BCUT2D eigenvalue weighted by Gasteiger charge is 2.41. The van der Waals surface area contributed by atoms with Crippen molar-refractivity contribution in [1.82, 2.24) is 0 Å². The fourth-order valence-corrected chi connectivity index (χ4v) is 3.33. The zero-order valence-corrected chi connectivity index (χ0v) is 12.6. The highest BCUT2D eigenvalue weighted by Crippen LogP contribution is 2.44. The number of nitriles is 1. The summed E-state index contributed by atoms with van der Waals surface area (Å²) in [5.74, 6) is -0.0587. The lowest BCUT2D eigenvalue weighted by atomic mass is 9.77. The fourth-order valence-electron chi connectivity index (χ4n) is 3.33. The van der Waals surface area contributed by atoms with Gasteiger partial charge in [-0.15, -0.1) is 0 Å². The maximum atomic E-state index is 13.2. The molecule has 1 N–H and O–H groups in total. The molecule has 0 spiro atoms. The lowest BCUT2D eigenvalue weighted by Gasteiger charge is -2.29. The summed E-state index contributed by atoms with van der Waals surface area (Å²) >= 11 is 0. The molecule has 1 fully saturated rings. The average Bonchev–Trinajstić information content (AvgIpc) is 2.89. The molecule has 4 heteroatoms. The van der Waals surface area contributed by atoms with E-state index in [1.165, 1.54) is 12.1 Å². The Morgan fingerprint density at radius 2 is 2.10 bits per heavy atom. The topological polar surface area (TPSA) is 52.9 Å². The minimum absolute atomic E-state index is 0.0307. The van der Waals surface area contributed by atoms with Crippen LogP contribution in [-0.4, -0.2) is 5.91 Å². The van der Waals surface area contributed by atoms with Crippen LogP contribution in [0.15, 0.2) is 18.2 Å². The largest absolute Gasteiger partial charge is 0.324 e. The number of hydrogen-bond donors (Lipinski definition) is 1. The lowest BCUT2D eigenvalue weighted by molar-refractivity contribution is -0.126. The Labute approximate surface area is 125 Å². The molecule has 0 radical (unpaired) electrons. The predicted molar refractivity (Wildman–Crippen MR) is 80.1 cm³/mol. The van der Waals surface area contributed by atoms with E-state index in [1.807, 2.05) is 6.07 Å². The smallest absolute Gasteiger partial charge is 0.230 e. The van der Waals surface area contributed by atoms with Crippen molar-refractivity contribution >= 4 is 11.6 Å². The van der Waals surface area contributed by atoms with E-state index in [9.17, 15) is 9.18 Å². The van der Waals surface area contributed by atoms with E-state index in [1.54, 1.807) is 0 Å². The molecular formula is C17H21FN2O. The predicted octanol–water partition coefficient (Wildman–Crippen LogP) is 4.24. The number of carbonyl (C=O) groups is 1. The van der Waals surface area contributed by atoms with Crippen LogP contribution in [0.5, 0.6) is 0 Å².